The molecule has 1 aromatic heterocycles. The lowest BCUT2D eigenvalue weighted by atomic mass is 10.4. The van der Waals surface area contributed by atoms with Crippen LogP contribution in [0, 0.1) is 0 Å². The van der Waals surface area contributed by atoms with Crippen LogP contribution in [0.2, 0.25) is 0 Å². The Morgan fingerprint density at radius 3 is 2.76 bits per heavy atom. The molecule has 0 radical (unpaired) electrons. The summed E-state index contributed by atoms with van der Waals surface area (Å²) >= 11 is 1.74. The summed E-state index contributed by atoms with van der Waals surface area (Å²) in [5.41, 5.74) is 0. The fourth-order valence-electron chi connectivity index (χ4n) is 1.31. The molecule has 0 saturated heterocycles. The largest absolute Gasteiger partial charge is 0.377 e. The molecular weight excluding hydrogens is 234 g/mol. The smallest absolute Gasteiger partial charge is 0.157 e. The first-order valence-electron chi connectivity index (χ1n) is 5.93. The van der Waals surface area contributed by atoms with E-state index >= 15 is 0 Å². The van der Waals surface area contributed by atoms with E-state index in [0.717, 1.165) is 29.6 Å². The van der Waals surface area contributed by atoms with Crippen molar-refractivity contribution in [2.45, 2.75) is 44.1 Å². The number of anilines is 1. The zero-order valence-corrected chi connectivity index (χ0v) is 11.8. The maximum atomic E-state index is 5.09. The fraction of sp³-hybridized carbons (Fsp3) is 0.667. The maximum absolute atomic E-state index is 5.09. The number of aromatic nitrogens is 2. The summed E-state index contributed by atoms with van der Waals surface area (Å²) in [4.78, 5) is 8.87. The Kier molecular flexibility index (Phi) is 6.29. The Bertz CT molecular complexity index is 345. The highest BCUT2D eigenvalue weighted by Crippen LogP contribution is 2.23. The van der Waals surface area contributed by atoms with Gasteiger partial charge < -0.3 is 10.1 Å². The molecule has 0 aromatic carbocycles. The highest BCUT2D eigenvalue weighted by Gasteiger charge is 2.06. The molecule has 1 rings (SSSR count). The average molecular weight is 255 g/mol. The van der Waals surface area contributed by atoms with E-state index in [1.165, 1.54) is 0 Å². The minimum Gasteiger partial charge on any atom is -0.377 e. The predicted octanol–water partition coefficient (Wildman–Crippen LogP) is 2.95. The monoisotopic (exact) mass is 255 g/mol. The summed E-state index contributed by atoms with van der Waals surface area (Å²) in [6, 6.07) is 2.00. The number of thioether (sulfide) groups is 1. The first-order valence-corrected chi connectivity index (χ1v) is 6.81. The van der Waals surface area contributed by atoms with Crippen LogP contribution in [0.15, 0.2) is 11.1 Å². The van der Waals surface area contributed by atoms with Crippen molar-refractivity contribution in [1.82, 2.24) is 9.97 Å². The molecule has 17 heavy (non-hydrogen) atoms. The second-order valence-corrected chi connectivity index (χ2v) is 5.63. The summed E-state index contributed by atoms with van der Waals surface area (Å²) < 4.78 is 5.09. The Morgan fingerprint density at radius 2 is 2.18 bits per heavy atom. The van der Waals surface area contributed by atoms with Crippen LogP contribution >= 0.6 is 11.8 Å². The molecule has 0 aliphatic carbocycles. The molecule has 0 unspecified atom stereocenters. The Hall–Kier alpha value is -0.810. The van der Waals surface area contributed by atoms with Gasteiger partial charge in [-0.2, -0.15) is 0 Å². The molecule has 0 fully saturated rings. The van der Waals surface area contributed by atoms with Crippen molar-refractivity contribution in [2.24, 2.45) is 0 Å². The number of ether oxygens (including phenoxy) is 1. The lowest BCUT2D eigenvalue weighted by Gasteiger charge is -2.10. The minimum atomic E-state index is 0.452. The van der Waals surface area contributed by atoms with Crippen LogP contribution in [0.25, 0.3) is 0 Å². The zero-order chi connectivity index (χ0) is 12.7. The number of hydrogen-bond donors (Lipinski definition) is 1. The topological polar surface area (TPSA) is 47.0 Å². The highest BCUT2D eigenvalue weighted by molar-refractivity contribution is 7.99. The van der Waals surface area contributed by atoms with Crippen molar-refractivity contribution in [3.05, 3.63) is 11.9 Å². The first kappa shape index (κ1) is 14.3. The summed E-state index contributed by atoms with van der Waals surface area (Å²) in [5, 5.41) is 4.80. The second kappa shape index (κ2) is 7.50. The number of nitrogens with one attached hydrogen (secondary N) is 1. The van der Waals surface area contributed by atoms with Gasteiger partial charge in [0.05, 0.1) is 0 Å². The molecule has 96 valence electrons. The molecule has 0 amide bonds. The summed E-state index contributed by atoms with van der Waals surface area (Å²) in [7, 11) is 1.66. The minimum absolute atomic E-state index is 0.452. The van der Waals surface area contributed by atoms with Crippen LogP contribution in [-0.4, -0.2) is 28.9 Å². The van der Waals surface area contributed by atoms with Gasteiger partial charge in [0.25, 0.3) is 0 Å². The highest BCUT2D eigenvalue weighted by atomic mass is 32.2. The van der Waals surface area contributed by atoms with Gasteiger partial charge in [-0.1, -0.05) is 20.8 Å². The van der Waals surface area contributed by atoms with Crippen molar-refractivity contribution >= 4 is 17.6 Å². The second-order valence-electron chi connectivity index (χ2n) is 4.03. The van der Waals surface area contributed by atoms with Gasteiger partial charge in [0.2, 0.25) is 0 Å². The quantitative estimate of drug-likeness (QED) is 0.599. The Balaban J connectivity index is 2.84. The molecule has 0 atom stereocenters. The van der Waals surface area contributed by atoms with E-state index in [4.69, 9.17) is 4.74 Å². The van der Waals surface area contributed by atoms with Crippen molar-refractivity contribution in [2.75, 3.05) is 19.0 Å². The van der Waals surface area contributed by atoms with E-state index in [1.807, 2.05) is 6.07 Å². The molecule has 0 saturated carbocycles. The van der Waals surface area contributed by atoms with E-state index in [9.17, 15) is 0 Å². The van der Waals surface area contributed by atoms with Crippen molar-refractivity contribution in [3.8, 4) is 0 Å². The molecule has 1 heterocycles. The van der Waals surface area contributed by atoms with Crippen LogP contribution in [0.3, 0.4) is 0 Å². The fourth-order valence-corrected chi connectivity index (χ4v) is 2.13. The summed E-state index contributed by atoms with van der Waals surface area (Å²) in [6.45, 7) is 7.82. The summed E-state index contributed by atoms with van der Waals surface area (Å²) in [5.74, 6) is 1.62. The standard InChI is InChI=1S/C12H21N3OS/c1-5-6-13-10-7-12(17-9(2)3)15-11(14-10)8-16-4/h7,9H,5-6,8H2,1-4H3,(H,13,14,15). The van der Waals surface area contributed by atoms with Gasteiger partial charge in [0.1, 0.15) is 17.5 Å². The van der Waals surface area contributed by atoms with Gasteiger partial charge in [-0.3, -0.25) is 0 Å². The van der Waals surface area contributed by atoms with E-state index < -0.39 is 0 Å². The van der Waals surface area contributed by atoms with Crippen molar-refractivity contribution in [1.29, 1.82) is 0 Å². The Labute approximate surface area is 108 Å². The van der Waals surface area contributed by atoms with Gasteiger partial charge in [0, 0.05) is 25.0 Å². The normalized spacial score (nSPS) is 10.9. The molecule has 0 aliphatic heterocycles. The molecular formula is C12H21N3OS. The SMILES string of the molecule is CCCNc1cc(SC(C)C)nc(COC)n1. The van der Waals surface area contributed by atoms with Gasteiger partial charge in [-0.25, -0.2) is 9.97 Å². The molecule has 0 aliphatic rings. The van der Waals surface area contributed by atoms with Crippen molar-refractivity contribution in [3.63, 3.8) is 0 Å². The lowest BCUT2D eigenvalue weighted by molar-refractivity contribution is 0.177. The average Bonchev–Trinajstić information content (AvgIpc) is 2.25. The third-order valence-electron chi connectivity index (χ3n) is 1.93. The maximum Gasteiger partial charge on any atom is 0.157 e. The number of rotatable bonds is 7. The van der Waals surface area contributed by atoms with Gasteiger partial charge in [-0.05, 0) is 6.42 Å². The molecule has 5 heteroatoms. The predicted molar refractivity (Wildman–Crippen MR) is 72.5 cm³/mol. The van der Waals surface area contributed by atoms with E-state index in [-0.39, 0.29) is 0 Å². The number of hydrogen-bond acceptors (Lipinski definition) is 5. The van der Waals surface area contributed by atoms with Gasteiger partial charge in [-0.15, -0.1) is 11.8 Å². The lowest BCUT2D eigenvalue weighted by Crippen LogP contribution is -2.07. The van der Waals surface area contributed by atoms with E-state index in [2.05, 4.69) is 36.1 Å². The van der Waals surface area contributed by atoms with Gasteiger partial charge >= 0.3 is 0 Å². The van der Waals surface area contributed by atoms with E-state index in [0.29, 0.717) is 11.9 Å². The number of nitrogens with zero attached hydrogens (tertiary/aromatic N) is 2. The van der Waals surface area contributed by atoms with Crippen LogP contribution < -0.4 is 5.32 Å². The van der Waals surface area contributed by atoms with Crippen LogP contribution in [0.1, 0.15) is 33.0 Å². The Morgan fingerprint density at radius 1 is 1.41 bits per heavy atom. The summed E-state index contributed by atoms with van der Waals surface area (Å²) in [6.07, 6.45) is 1.08. The zero-order valence-electron chi connectivity index (χ0n) is 11.0. The van der Waals surface area contributed by atoms with Gasteiger partial charge in [0.15, 0.2) is 5.82 Å². The van der Waals surface area contributed by atoms with Crippen LogP contribution in [0.4, 0.5) is 5.82 Å². The first-order chi connectivity index (χ1) is 8.15. The molecule has 0 spiro atoms. The third-order valence-corrected chi connectivity index (χ3v) is 2.86. The molecule has 0 bridgehead atoms. The molecule has 1 aromatic rings. The molecule has 4 nitrogen and oxygen atoms in total. The number of methoxy groups -OCH3 is 1. The van der Waals surface area contributed by atoms with Crippen molar-refractivity contribution < 1.29 is 4.74 Å². The van der Waals surface area contributed by atoms with Crippen LogP contribution in [-0.2, 0) is 11.3 Å². The molecule has 1 N–H and O–H groups in total. The third kappa shape index (κ3) is 5.37. The van der Waals surface area contributed by atoms with Crippen LogP contribution in [0.5, 0.6) is 0 Å². The van der Waals surface area contributed by atoms with E-state index in [1.54, 1.807) is 18.9 Å².